The predicted molar refractivity (Wildman–Crippen MR) is 64.4 cm³/mol. The first-order chi connectivity index (χ1) is 9.24. The zero-order valence-electron chi connectivity index (χ0n) is 10.2. The van der Waals surface area contributed by atoms with Crippen molar-refractivity contribution in [2.75, 3.05) is 19.6 Å². The Kier molecular flexibility index (Phi) is 3.76. The summed E-state index contributed by atoms with van der Waals surface area (Å²) in [5.41, 5.74) is 2.80. The maximum absolute atomic E-state index is 11.8. The van der Waals surface area contributed by atoms with Crippen LogP contribution in [0.2, 0.25) is 0 Å². The minimum absolute atomic E-state index is 0.191. The molecule has 0 bridgehead atoms. The Morgan fingerprint density at radius 3 is 2.84 bits per heavy atom. The summed E-state index contributed by atoms with van der Waals surface area (Å²) in [5.74, 6) is 0.708. The van der Waals surface area contributed by atoms with E-state index in [-0.39, 0.29) is 11.7 Å². The van der Waals surface area contributed by atoms with E-state index >= 15 is 0 Å². The number of ether oxygens (including phenoxy) is 2. The van der Waals surface area contributed by atoms with E-state index in [1.165, 1.54) is 26.5 Å². The SMILES string of the molecule is COc1cc([O-])c(/C=N\Nc2nn[nH]n2)c(OC)c1. The lowest BCUT2D eigenvalue weighted by Gasteiger charge is -2.15. The van der Waals surface area contributed by atoms with Gasteiger partial charge in [0.15, 0.2) is 0 Å². The molecular weight excluding hydrogens is 252 g/mol. The van der Waals surface area contributed by atoms with Gasteiger partial charge in [0.2, 0.25) is 0 Å². The molecule has 19 heavy (non-hydrogen) atoms. The third-order valence-electron chi connectivity index (χ3n) is 2.24. The summed E-state index contributed by atoms with van der Waals surface area (Å²) >= 11 is 0. The maximum Gasteiger partial charge on any atom is 0.283 e. The Balaban J connectivity index is 2.21. The molecule has 1 heterocycles. The van der Waals surface area contributed by atoms with Crippen LogP contribution in [0.1, 0.15) is 5.56 Å². The van der Waals surface area contributed by atoms with Gasteiger partial charge in [0.1, 0.15) is 11.5 Å². The number of nitrogens with one attached hydrogen (secondary N) is 2. The number of hydrogen-bond donors (Lipinski definition) is 2. The molecule has 100 valence electrons. The van der Waals surface area contributed by atoms with Crippen molar-refractivity contribution in [1.29, 1.82) is 0 Å². The number of aromatic amines is 1. The molecule has 2 rings (SSSR count). The fourth-order valence-corrected chi connectivity index (χ4v) is 1.35. The van der Waals surface area contributed by atoms with E-state index in [1.807, 2.05) is 0 Å². The first kappa shape index (κ1) is 12.6. The highest BCUT2D eigenvalue weighted by Gasteiger charge is 2.05. The second-order valence-electron chi connectivity index (χ2n) is 3.35. The molecule has 0 radical (unpaired) electrons. The lowest BCUT2D eigenvalue weighted by molar-refractivity contribution is -0.268. The molecular formula is C10H11N6O3-. The van der Waals surface area contributed by atoms with Crippen LogP contribution >= 0.6 is 0 Å². The molecule has 0 fully saturated rings. The van der Waals surface area contributed by atoms with E-state index in [0.29, 0.717) is 17.1 Å². The minimum Gasteiger partial charge on any atom is -0.872 e. The second kappa shape index (κ2) is 5.67. The number of nitrogens with zero attached hydrogens (tertiary/aromatic N) is 4. The number of aromatic nitrogens is 4. The fourth-order valence-electron chi connectivity index (χ4n) is 1.35. The van der Waals surface area contributed by atoms with E-state index in [4.69, 9.17) is 9.47 Å². The average molecular weight is 263 g/mol. The van der Waals surface area contributed by atoms with Crippen molar-refractivity contribution in [3.05, 3.63) is 17.7 Å². The first-order valence-corrected chi connectivity index (χ1v) is 5.20. The number of tetrazole rings is 1. The summed E-state index contributed by atoms with van der Waals surface area (Å²) < 4.78 is 10.1. The van der Waals surface area contributed by atoms with Gasteiger partial charge < -0.3 is 14.6 Å². The van der Waals surface area contributed by atoms with Crippen molar-refractivity contribution in [2.24, 2.45) is 5.10 Å². The molecule has 9 heteroatoms. The Morgan fingerprint density at radius 1 is 1.37 bits per heavy atom. The third-order valence-corrected chi connectivity index (χ3v) is 2.24. The monoisotopic (exact) mass is 263 g/mol. The summed E-state index contributed by atoms with van der Waals surface area (Å²) in [6, 6.07) is 2.94. The Morgan fingerprint density at radius 2 is 2.21 bits per heavy atom. The van der Waals surface area contributed by atoms with E-state index in [0.717, 1.165) is 0 Å². The van der Waals surface area contributed by atoms with Crippen molar-refractivity contribution in [3.8, 4) is 17.2 Å². The molecule has 0 aliphatic rings. The predicted octanol–water partition coefficient (Wildman–Crippen LogP) is -0.264. The summed E-state index contributed by atoms with van der Waals surface area (Å²) in [6.45, 7) is 0. The van der Waals surface area contributed by atoms with Crippen molar-refractivity contribution in [2.45, 2.75) is 0 Å². The zero-order chi connectivity index (χ0) is 13.7. The molecule has 0 spiro atoms. The van der Waals surface area contributed by atoms with E-state index in [2.05, 4.69) is 31.2 Å². The molecule has 0 amide bonds. The van der Waals surface area contributed by atoms with Crippen molar-refractivity contribution >= 4 is 12.2 Å². The molecule has 0 saturated carbocycles. The Bertz CT molecular complexity index is 569. The number of hydrogen-bond acceptors (Lipinski definition) is 8. The van der Waals surface area contributed by atoms with Gasteiger partial charge >= 0.3 is 0 Å². The minimum atomic E-state index is -0.269. The molecule has 2 aromatic rings. The second-order valence-corrected chi connectivity index (χ2v) is 3.35. The summed E-state index contributed by atoms with van der Waals surface area (Å²) in [4.78, 5) is 0. The summed E-state index contributed by atoms with van der Waals surface area (Å²) in [6.07, 6.45) is 1.32. The van der Waals surface area contributed by atoms with Crippen LogP contribution in [-0.2, 0) is 0 Å². The molecule has 0 aliphatic carbocycles. The smallest absolute Gasteiger partial charge is 0.283 e. The van der Waals surface area contributed by atoms with Crippen LogP contribution in [-0.4, -0.2) is 41.1 Å². The van der Waals surface area contributed by atoms with Gasteiger partial charge in [-0.2, -0.15) is 10.3 Å². The number of rotatable bonds is 5. The zero-order valence-corrected chi connectivity index (χ0v) is 10.2. The number of anilines is 1. The third kappa shape index (κ3) is 2.89. The normalized spacial score (nSPS) is 10.6. The van der Waals surface area contributed by atoms with Crippen molar-refractivity contribution < 1.29 is 14.6 Å². The van der Waals surface area contributed by atoms with E-state index < -0.39 is 0 Å². The highest BCUT2D eigenvalue weighted by atomic mass is 16.5. The average Bonchev–Trinajstić information content (AvgIpc) is 2.93. The molecule has 0 saturated heterocycles. The number of H-pyrrole nitrogens is 1. The molecule has 1 aromatic heterocycles. The van der Waals surface area contributed by atoms with Gasteiger partial charge in [0, 0.05) is 11.6 Å². The summed E-state index contributed by atoms with van der Waals surface area (Å²) in [7, 11) is 2.93. The van der Waals surface area contributed by atoms with E-state index in [1.54, 1.807) is 6.07 Å². The van der Waals surface area contributed by atoms with Crippen LogP contribution in [0.5, 0.6) is 17.2 Å². The van der Waals surface area contributed by atoms with Gasteiger partial charge in [-0.3, -0.25) is 0 Å². The Labute approximate surface area is 108 Å². The van der Waals surface area contributed by atoms with Crippen LogP contribution in [0, 0.1) is 0 Å². The Hall–Kier alpha value is -2.84. The van der Waals surface area contributed by atoms with Crippen molar-refractivity contribution in [3.63, 3.8) is 0 Å². The van der Waals surface area contributed by atoms with Gasteiger partial charge in [-0.1, -0.05) is 10.8 Å². The van der Waals surface area contributed by atoms with E-state index in [9.17, 15) is 5.11 Å². The van der Waals surface area contributed by atoms with Crippen molar-refractivity contribution in [1.82, 2.24) is 20.6 Å². The van der Waals surface area contributed by atoms with Crippen LogP contribution < -0.4 is 20.0 Å². The highest BCUT2D eigenvalue weighted by molar-refractivity contribution is 5.87. The lowest BCUT2D eigenvalue weighted by atomic mass is 10.2. The fraction of sp³-hybridized carbons (Fsp3) is 0.200. The van der Waals surface area contributed by atoms with Crippen LogP contribution in [0.25, 0.3) is 0 Å². The maximum atomic E-state index is 11.8. The first-order valence-electron chi connectivity index (χ1n) is 5.20. The van der Waals surface area contributed by atoms with Gasteiger partial charge in [0.25, 0.3) is 5.95 Å². The van der Waals surface area contributed by atoms with Gasteiger partial charge in [-0.25, -0.2) is 5.43 Å². The number of benzene rings is 1. The molecule has 2 N–H and O–H groups in total. The standard InChI is InChI=1S/C10H12N6O3/c1-18-6-3-8(17)7(9(4-6)19-2)5-11-12-10-13-15-16-14-10/h3-5,17H,1-2H3,(H2,12,13,14,15,16)/p-1/b11-5-. The molecule has 1 aromatic carbocycles. The topological polar surface area (TPSA) is 120 Å². The quantitative estimate of drug-likeness (QED) is 0.563. The van der Waals surface area contributed by atoms with Gasteiger partial charge in [-0.15, -0.1) is 5.10 Å². The lowest BCUT2D eigenvalue weighted by Crippen LogP contribution is -2.02. The largest absolute Gasteiger partial charge is 0.872 e. The van der Waals surface area contributed by atoms with Crippen LogP contribution in [0.3, 0.4) is 0 Å². The number of methoxy groups -OCH3 is 2. The highest BCUT2D eigenvalue weighted by Crippen LogP contribution is 2.30. The molecule has 0 aliphatic heterocycles. The van der Waals surface area contributed by atoms with Gasteiger partial charge in [-0.05, 0) is 11.3 Å². The number of hydrazone groups is 1. The molecule has 0 unspecified atom stereocenters. The van der Waals surface area contributed by atoms with Crippen LogP contribution in [0.4, 0.5) is 5.95 Å². The van der Waals surface area contributed by atoms with Gasteiger partial charge in [0.05, 0.1) is 20.4 Å². The molecule has 9 nitrogen and oxygen atoms in total. The molecule has 0 atom stereocenters. The van der Waals surface area contributed by atoms with Crippen LogP contribution in [0.15, 0.2) is 17.2 Å². The summed E-state index contributed by atoms with van der Waals surface area (Å²) in [5, 5.41) is 28.6.